The minimum absolute atomic E-state index is 0.783. The molecule has 0 atom stereocenters. The zero-order valence-electron chi connectivity index (χ0n) is 8.67. The zero-order valence-corrected chi connectivity index (χ0v) is 10.3. The van der Waals surface area contributed by atoms with E-state index < -0.39 is 0 Å². The second-order valence-electron chi connectivity index (χ2n) is 3.19. The molecule has 0 saturated carbocycles. The summed E-state index contributed by atoms with van der Waals surface area (Å²) in [7, 11) is 5.61. The van der Waals surface area contributed by atoms with Gasteiger partial charge in [0.2, 0.25) is 0 Å². The van der Waals surface area contributed by atoms with Crippen molar-refractivity contribution in [3.8, 4) is 5.75 Å². The predicted octanol–water partition coefficient (Wildman–Crippen LogP) is 2.02. The molecule has 1 aromatic rings. The van der Waals surface area contributed by atoms with Crippen molar-refractivity contribution in [1.82, 2.24) is 10.4 Å². The zero-order chi connectivity index (χ0) is 10.6. The van der Waals surface area contributed by atoms with E-state index in [1.54, 1.807) is 7.11 Å². The summed E-state index contributed by atoms with van der Waals surface area (Å²) in [5.74, 6) is 0.878. The smallest absolute Gasteiger partial charge is 0.119 e. The summed E-state index contributed by atoms with van der Waals surface area (Å²) in [6, 6.07) is 5.94. The van der Waals surface area contributed by atoms with Gasteiger partial charge in [0.15, 0.2) is 0 Å². The van der Waals surface area contributed by atoms with Crippen LogP contribution in [0.1, 0.15) is 5.56 Å². The fraction of sp³-hybridized carbons (Fsp3) is 0.400. The first-order valence-corrected chi connectivity index (χ1v) is 5.16. The van der Waals surface area contributed by atoms with Gasteiger partial charge in [0.05, 0.1) is 7.11 Å². The topological polar surface area (TPSA) is 24.5 Å². The fourth-order valence-electron chi connectivity index (χ4n) is 1.06. The molecule has 0 spiro atoms. The SMILES string of the molecule is COc1ccc(Br)c(CNN(C)C)c1. The summed E-state index contributed by atoms with van der Waals surface area (Å²) in [5.41, 5.74) is 4.38. The van der Waals surface area contributed by atoms with Crippen LogP contribution in [-0.4, -0.2) is 26.2 Å². The molecule has 1 aromatic carbocycles. The van der Waals surface area contributed by atoms with Crippen molar-refractivity contribution in [2.24, 2.45) is 0 Å². The molecule has 1 N–H and O–H groups in total. The van der Waals surface area contributed by atoms with E-state index in [-0.39, 0.29) is 0 Å². The maximum atomic E-state index is 5.15. The Labute approximate surface area is 93.2 Å². The Kier molecular flexibility index (Phi) is 4.38. The molecule has 0 aliphatic heterocycles. The number of methoxy groups -OCH3 is 1. The van der Waals surface area contributed by atoms with Crippen molar-refractivity contribution < 1.29 is 4.74 Å². The van der Waals surface area contributed by atoms with Crippen molar-refractivity contribution in [2.75, 3.05) is 21.2 Å². The molecule has 0 aliphatic rings. The minimum Gasteiger partial charge on any atom is -0.497 e. The Bertz CT molecular complexity index is 302. The molecule has 0 aromatic heterocycles. The average Bonchev–Trinajstić information content (AvgIpc) is 2.16. The van der Waals surface area contributed by atoms with Crippen molar-refractivity contribution in [3.63, 3.8) is 0 Å². The number of hydrogen-bond donors (Lipinski definition) is 1. The van der Waals surface area contributed by atoms with Crippen molar-refractivity contribution in [1.29, 1.82) is 0 Å². The highest BCUT2D eigenvalue weighted by Gasteiger charge is 2.01. The monoisotopic (exact) mass is 258 g/mol. The molecule has 0 fully saturated rings. The van der Waals surface area contributed by atoms with Crippen LogP contribution >= 0.6 is 15.9 Å². The van der Waals surface area contributed by atoms with Gasteiger partial charge < -0.3 is 4.74 Å². The van der Waals surface area contributed by atoms with Crippen molar-refractivity contribution >= 4 is 15.9 Å². The molecule has 0 radical (unpaired) electrons. The Hall–Kier alpha value is -0.580. The van der Waals surface area contributed by atoms with Crippen molar-refractivity contribution in [2.45, 2.75) is 6.54 Å². The summed E-state index contributed by atoms with van der Waals surface area (Å²) in [4.78, 5) is 0. The third kappa shape index (κ3) is 3.29. The summed E-state index contributed by atoms with van der Waals surface area (Å²) in [6.07, 6.45) is 0. The second kappa shape index (κ2) is 5.34. The van der Waals surface area contributed by atoms with Gasteiger partial charge >= 0.3 is 0 Å². The fourth-order valence-corrected chi connectivity index (χ4v) is 1.44. The van der Waals surface area contributed by atoms with Crippen LogP contribution in [0, 0.1) is 0 Å². The summed E-state index contributed by atoms with van der Waals surface area (Å²) < 4.78 is 6.24. The molecule has 14 heavy (non-hydrogen) atoms. The number of nitrogens with one attached hydrogen (secondary N) is 1. The highest BCUT2D eigenvalue weighted by Crippen LogP contribution is 2.22. The number of nitrogens with zero attached hydrogens (tertiary/aromatic N) is 1. The standard InChI is InChI=1S/C10H15BrN2O/c1-13(2)12-7-8-6-9(14-3)4-5-10(8)11/h4-6,12H,7H2,1-3H3. The number of halogens is 1. The summed E-state index contributed by atoms with van der Waals surface area (Å²) >= 11 is 3.50. The lowest BCUT2D eigenvalue weighted by Crippen LogP contribution is -2.29. The van der Waals surface area contributed by atoms with Gasteiger partial charge in [-0.15, -0.1) is 0 Å². The first-order valence-electron chi connectivity index (χ1n) is 4.36. The second-order valence-corrected chi connectivity index (χ2v) is 4.04. The van der Waals surface area contributed by atoms with Gasteiger partial charge in [-0.1, -0.05) is 15.9 Å². The van der Waals surface area contributed by atoms with Crippen LogP contribution in [0.4, 0.5) is 0 Å². The Morgan fingerprint density at radius 2 is 2.14 bits per heavy atom. The molecule has 0 unspecified atom stereocenters. The van der Waals surface area contributed by atoms with Crippen LogP contribution in [0.15, 0.2) is 22.7 Å². The highest BCUT2D eigenvalue weighted by atomic mass is 79.9. The van der Waals surface area contributed by atoms with E-state index in [1.165, 1.54) is 5.56 Å². The third-order valence-electron chi connectivity index (χ3n) is 1.84. The molecule has 78 valence electrons. The van der Waals surface area contributed by atoms with Gasteiger partial charge in [-0.25, -0.2) is 0 Å². The molecule has 0 heterocycles. The van der Waals surface area contributed by atoms with Gasteiger partial charge in [0.1, 0.15) is 5.75 Å². The number of benzene rings is 1. The Balaban J connectivity index is 2.73. The van der Waals surface area contributed by atoms with Crippen LogP contribution < -0.4 is 10.2 Å². The molecule has 3 nitrogen and oxygen atoms in total. The molecule has 0 aliphatic carbocycles. The lowest BCUT2D eigenvalue weighted by atomic mass is 10.2. The first-order chi connectivity index (χ1) is 6.63. The molecule has 1 rings (SSSR count). The van der Waals surface area contributed by atoms with E-state index in [4.69, 9.17) is 4.74 Å². The van der Waals surface area contributed by atoms with Gasteiger partial charge in [0, 0.05) is 25.1 Å². The Morgan fingerprint density at radius 1 is 1.43 bits per heavy atom. The molecular formula is C10H15BrN2O. The van der Waals surface area contributed by atoms with E-state index >= 15 is 0 Å². The third-order valence-corrected chi connectivity index (χ3v) is 2.61. The molecule has 4 heteroatoms. The van der Waals surface area contributed by atoms with Crippen LogP contribution in [0.25, 0.3) is 0 Å². The van der Waals surface area contributed by atoms with E-state index in [0.29, 0.717) is 0 Å². The maximum absolute atomic E-state index is 5.15. The van der Waals surface area contributed by atoms with Crippen LogP contribution in [0.2, 0.25) is 0 Å². The largest absolute Gasteiger partial charge is 0.497 e. The average molecular weight is 259 g/mol. The van der Waals surface area contributed by atoms with Crippen molar-refractivity contribution in [3.05, 3.63) is 28.2 Å². The normalized spacial score (nSPS) is 10.6. The van der Waals surface area contributed by atoms with E-state index in [9.17, 15) is 0 Å². The molecule has 0 saturated heterocycles. The number of ether oxygens (including phenoxy) is 1. The lowest BCUT2D eigenvalue weighted by Gasteiger charge is -2.13. The molecule has 0 bridgehead atoms. The Morgan fingerprint density at radius 3 is 2.71 bits per heavy atom. The van der Waals surface area contributed by atoms with E-state index in [0.717, 1.165) is 16.8 Å². The van der Waals surface area contributed by atoms with E-state index in [1.807, 2.05) is 37.3 Å². The van der Waals surface area contributed by atoms with Gasteiger partial charge in [-0.05, 0) is 23.8 Å². The molecule has 0 amide bonds. The first kappa shape index (κ1) is 11.5. The van der Waals surface area contributed by atoms with Crippen LogP contribution in [-0.2, 0) is 6.54 Å². The summed E-state index contributed by atoms with van der Waals surface area (Å²) in [5, 5.41) is 1.92. The maximum Gasteiger partial charge on any atom is 0.119 e. The van der Waals surface area contributed by atoms with Gasteiger partial charge in [-0.3, -0.25) is 10.4 Å². The predicted molar refractivity (Wildman–Crippen MR) is 61.2 cm³/mol. The lowest BCUT2D eigenvalue weighted by molar-refractivity contribution is 0.285. The molecular weight excluding hydrogens is 244 g/mol. The summed E-state index contributed by atoms with van der Waals surface area (Å²) in [6.45, 7) is 0.783. The van der Waals surface area contributed by atoms with Gasteiger partial charge in [-0.2, -0.15) is 0 Å². The number of rotatable bonds is 4. The number of hydrazine groups is 1. The van der Waals surface area contributed by atoms with Crippen LogP contribution in [0.5, 0.6) is 5.75 Å². The van der Waals surface area contributed by atoms with E-state index in [2.05, 4.69) is 21.4 Å². The number of hydrogen-bond acceptors (Lipinski definition) is 3. The minimum atomic E-state index is 0.783. The highest BCUT2D eigenvalue weighted by molar-refractivity contribution is 9.10. The van der Waals surface area contributed by atoms with Crippen LogP contribution in [0.3, 0.4) is 0 Å². The quantitative estimate of drug-likeness (QED) is 0.837. The van der Waals surface area contributed by atoms with Gasteiger partial charge in [0.25, 0.3) is 0 Å².